The van der Waals surface area contributed by atoms with Gasteiger partial charge in [0.15, 0.2) is 6.61 Å². The maximum Gasteiger partial charge on any atom is 0.331 e. The number of amides is 1. The number of nitrogens with zero attached hydrogens (tertiary/aromatic N) is 1. The minimum absolute atomic E-state index is 0.275. The number of hydrogen-bond donors (Lipinski definition) is 0. The van der Waals surface area contributed by atoms with E-state index in [4.69, 9.17) is 9.47 Å². The van der Waals surface area contributed by atoms with Crippen LogP contribution in [0.2, 0.25) is 0 Å². The SMILES string of the molecule is COC(=O)[C@@H]1Cc2ccccc2CN1C(=O)COC(=O)/C=C/c1cccs1. The molecule has 140 valence electrons. The van der Waals surface area contributed by atoms with Crippen LogP contribution >= 0.6 is 11.3 Å². The molecule has 0 radical (unpaired) electrons. The van der Waals surface area contributed by atoms with Crippen molar-refractivity contribution >= 4 is 35.3 Å². The zero-order chi connectivity index (χ0) is 19.2. The summed E-state index contributed by atoms with van der Waals surface area (Å²) in [5, 5.41) is 1.90. The third-order valence-electron chi connectivity index (χ3n) is 4.31. The van der Waals surface area contributed by atoms with Gasteiger partial charge in [0.1, 0.15) is 6.04 Å². The van der Waals surface area contributed by atoms with E-state index in [-0.39, 0.29) is 6.54 Å². The molecule has 3 rings (SSSR count). The minimum Gasteiger partial charge on any atom is -0.467 e. The standard InChI is InChI=1S/C20H19NO5S/c1-25-20(24)17-11-14-5-2-3-6-15(14)12-21(17)18(22)13-26-19(23)9-8-16-7-4-10-27-16/h2-10,17H,11-13H2,1H3/b9-8+/t17-/m0/s1. The quantitative estimate of drug-likeness (QED) is 0.584. The molecule has 1 aromatic heterocycles. The van der Waals surface area contributed by atoms with Crippen LogP contribution in [0.5, 0.6) is 0 Å². The summed E-state index contributed by atoms with van der Waals surface area (Å²) in [5.41, 5.74) is 1.97. The van der Waals surface area contributed by atoms with Crippen molar-refractivity contribution in [3.05, 3.63) is 63.9 Å². The smallest absolute Gasteiger partial charge is 0.331 e. The molecule has 2 heterocycles. The number of carbonyl (C=O) groups is 3. The Kier molecular flexibility index (Phi) is 6.03. The molecule has 0 spiro atoms. The molecule has 1 aromatic carbocycles. The Morgan fingerprint density at radius 1 is 1.19 bits per heavy atom. The van der Waals surface area contributed by atoms with Gasteiger partial charge in [0.25, 0.3) is 5.91 Å². The molecule has 0 saturated heterocycles. The van der Waals surface area contributed by atoms with Crippen molar-refractivity contribution in [3.63, 3.8) is 0 Å². The zero-order valence-corrected chi connectivity index (χ0v) is 15.6. The fourth-order valence-corrected chi connectivity index (χ4v) is 3.55. The predicted octanol–water partition coefficient (Wildman–Crippen LogP) is 2.43. The summed E-state index contributed by atoms with van der Waals surface area (Å²) in [6, 6.07) is 10.6. The molecular weight excluding hydrogens is 366 g/mol. The van der Waals surface area contributed by atoms with Crippen molar-refractivity contribution in [2.45, 2.75) is 19.0 Å². The third-order valence-corrected chi connectivity index (χ3v) is 5.14. The first kappa shape index (κ1) is 18.8. The first-order valence-corrected chi connectivity index (χ1v) is 9.29. The van der Waals surface area contributed by atoms with Gasteiger partial charge < -0.3 is 14.4 Å². The van der Waals surface area contributed by atoms with Crippen LogP contribution in [-0.4, -0.2) is 42.5 Å². The maximum atomic E-state index is 12.6. The van der Waals surface area contributed by atoms with Crippen LogP contribution in [0.3, 0.4) is 0 Å². The fourth-order valence-electron chi connectivity index (χ4n) is 2.93. The molecule has 7 heteroatoms. The Bertz CT molecular complexity index is 859. The molecule has 27 heavy (non-hydrogen) atoms. The summed E-state index contributed by atoms with van der Waals surface area (Å²) in [5.74, 6) is -1.52. The molecule has 1 aliphatic rings. The van der Waals surface area contributed by atoms with Gasteiger partial charge in [0.05, 0.1) is 7.11 Å². The van der Waals surface area contributed by atoms with Crippen LogP contribution in [0.1, 0.15) is 16.0 Å². The molecule has 0 N–H and O–H groups in total. The Morgan fingerprint density at radius 2 is 1.96 bits per heavy atom. The average Bonchev–Trinajstić information content (AvgIpc) is 3.22. The second kappa shape index (κ2) is 8.64. The number of benzene rings is 1. The number of carbonyl (C=O) groups excluding carboxylic acids is 3. The second-order valence-electron chi connectivity index (χ2n) is 5.99. The fraction of sp³-hybridized carbons (Fsp3) is 0.250. The summed E-state index contributed by atoms with van der Waals surface area (Å²) in [6.07, 6.45) is 3.29. The van der Waals surface area contributed by atoms with E-state index in [1.165, 1.54) is 29.4 Å². The molecule has 1 aliphatic heterocycles. The number of esters is 2. The molecule has 1 atom stereocenters. The van der Waals surface area contributed by atoms with Crippen molar-refractivity contribution in [2.75, 3.05) is 13.7 Å². The number of ether oxygens (including phenoxy) is 2. The lowest BCUT2D eigenvalue weighted by Crippen LogP contribution is -2.50. The van der Waals surface area contributed by atoms with E-state index in [1.54, 1.807) is 6.08 Å². The van der Waals surface area contributed by atoms with Crippen molar-refractivity contribution in [1.82, 2.24) is 4.90 Å². The molecule has 0 unspecified atom stereocenters. The van der Waals surface area contributed by atoms with Crippen LogP contribution in [0.15, 0.2) is 47.9 Å². The lowest BCUT2D eigenvalue weighted by molar-refractivity contribution is -0.158. The average molecular weight is 385 g/mol. The lowest BCUT2D eigenvalue weighted by atomic mass is 9.94. The minimum atomic E-state index is -0.724. The Hall–Kier alpha value is -2.93. The van der Waals surface area contributed by atoms with Gasteiger partial charge in [-0.05, 0) is 28.6 Å². The number of hydrogen-bond acceptors (Lipinski definition) is 6. The van der Waals surface area contributed by atoms with E-state index in [1.807, 2.05) is 41.8 Å². The van der Waals surface area contributed by atoms with Gasteiger partial charge >= 0.3 is 11.9 Å². The summed E-state index contributed by atoms with van der Waals surface area (Å²) >= 11 is 1.49. The Labute approximate surface area is 161 Å². The van der Waals surface area contributed by atoms with E-state index in [2.05, 4.69) is 0 Å². The predicted molar refractivity (Wildman–Crippen MR) is 101 cm³/mol. The van der Waals surface area contributed by atoms with Crippen LogP contribution in [0.25, 0.3) is 6.08 Å². The van der Waals surface area contributed by atoms with E-state index < -0.39 is 30.5 Å². The van der Waals surface area contributed by atoms with Gasteiger partial charge in [0.2, 0.25) is 0 Å². The van der Waals surface area contributed by atoms with Crippen LogP contribution in [-0.2, 0) is 36.8 Å². The van der Waals surface area contributed by atoms with Crippen LogP contribution < -0.4 is 0 Å². The highest BCUT2D eigenvalue weighted by molar-refractivity contribution is 7.10. The first-order chi connectivity index (χ1) is 13.1. The highest BCUT2D eigenvalue weighted by Gasteiger charge is 2.35. The van der Waals surface area contributed by atoms with Gasteiger partial charge in [-0.3, -0.25) is 4.79 Å². The summed E-state index contributed by atoms with van der Waals surface area (Å²) < 4.78 is 9.88. The molecule has 6 nitrogen and oxygen atoms in total. The molecule has 1 amide bonds. The van der Waals surface area contributed by atoms with E-state index in [0.29, 0.717) is 6.42 Å². The van der Waals surface area contributed by atoms with E-state index >= 15 is 0 Å². The van der Waals surface area contributed by atoms with Gasteiger partial charge in [-0.1, -0.05) is 30.3 Å². The molecule has 0 bridgehead atoms. The topological polar surface area (TPSA) is 72.9 Å². The normalized spacial score (nSPS) is 16.0. The molecular formula is C20H19NO5S. The first-order valence-electron chi connectivity index (χ1n) is 8.41. The highest BCUT2D eigenvalue weighted by Crippen LogP contribution is 2.24. The lowest BCUT2D eigenvalue weighted by Gasteiger charge is -2.35. The number of thiophene rings is 1. The van der Waals surface area contributed by atoms with Gasteiger partial charge in [-0.15, -0.1) is 11.3 Å². The molecule has 0 fully saturated rings. The largest absolute Gasteiger partial charge is 0.467 e. The van der Waals surface area contributed by atoms with Gasteiger partial charge in [-0.25, -0.2) is 9.59 Å². The monoisotopic (exact) mass is 385 g/mol. The summed E-state index contributed by atoms with van der Waals surface area (Å²) in [7, 11) is 1.29. The Balaban J connectivity index is 1.64. The number of methoxy groups -OCH3 is 1. The van der Waals surface area contributed by atoms with Gasteiger partial charge in [-0.2, -0.15) is 0 Å². The summed E-state index contributed by atoms with van der Waals surface area (Å²) in [6.45, 7) is -0.152. The van der Waals surface area contributed by atoms with Crippen molar-refractivity contribution in [1.29, 1.82) is 0 Å². The maximum absolute atomic E-state index is 12.6. The van der Waals surface area contributed by atoms with Crippen molar-refractivity contribution in [2.24, 2.45) is 0 Å². The van der Waals surface area contributed by atoms with Crippen LogP contribution in [0, 0.1) is 0 Å². The third kappa shape index (κ3) is 4.62. The highest BCUT2D eigenvalue weighted by atomic mass is 32.1. The molecule has 0 saturated carbocycles. The Morgan fingerprint density at radius 3 is 2.67 bits per heavy atom. The molecule has 0 aliphatic carbocycles. The van der Waals surface area contributed by atoms with Gasteiger partial charge in [0, 0.05) is 23.9 Å². The zero-order valence-electron chi connectivity index (χ0n) is 14.8. The van der Waals surface area contributed by atoms with Crippen molar-refractivity contribution in [3.8, 4) is 0 Å². The van der Waals surface area contributed by atoms with E-state index in [9.17, 15) is 14.4 Å². The van der Waals surface area contributed by atoms with E-state index in [0.717, 1.165) is 16.0 Å². The van der Waals surface area contributed by atoms with Crippen LogP contribution in [0.4, 0.5) is 0 Å². The number of rotatable bonds is 5. The summed E-state index contributed by atoms with van der Waals surface area (Å²) in [4.78, 5) is 38.9. The second-order valence-corrected chi connectivity index (χ2v) is 6.97. The number of fused-ring (bicyclic) bond motifs is 1. The molecule has 2 aromatic rings. The van der Waals surface area contributed by atoms with Crippen molar-refractivity contribution < 1.29 is 23.9 Å².